The lowest BCUT2D eigenvalue weighted by atomic mass is 9.91. The molecule has 0 bridgehead atoms. The zero-order chi connectivity index (χ0) is 22.6. The summed E-state index contributed by atoms with van der Waals surface area (Å²) in [5.74, 6) is -2.34. The van der Waals surface area contributed by atoms with Gasteiger partial charge in [-0.05, 0) is 66.1 Å². The van der Waals surface area contributed by atoms with Gasteiger partial charge in [0, 0.05) is 19.0 Å². The fourth-order valence-corrected chi connectivity index (χ4v) is 4.40. The molecule has 4 aromatic rings. The Morgan fingerprint density at radius 1 is 1.06 bits per heavy atom. The summed E-state index contributed by atoms with van der Waals surface area (Å²) < 4.78 is 35.0. The predicted octanol–water partition coefficient (Wildman–Crippen LogP) is 5.69. The molecule has 162 valence electrons. The topological polar surface area (TPSA) is 52.2 Å². The van der Waals surface area contributed by atoms with Crippen molar-refractivity contribution in [2.45, 2.75) is 32.1 Å². The van der Waals surface area contributed by atoms with Gasteiger partial charge in [0.25, 0.3) is 0 Å². The Balaban J connectivity index is 1.53. The van der Waals surface area contributed by atoms with E-state index in [-0.39, 0.29) is 12.2 Å². The van der Waals surface area contributed by atoms with Gasteiger partial charge in [-0.3, -0.25) is 9.36 Å². The molecule has 0 spiro atoms. The van der Waals surface area contributed by atoms with Crippen molar-refractivity contribution in [1.29, 1.82) is 0 Å². The Labute approximate surface area is 183 Å². The van der Waals surface area contributed by atoms with Crippen molar-refractivity contribution in [3.63, 3.8) is 0 Å². The van der Waals surface area contributed by atoms with Gasteiger partial charge in [-0.15, -0.1) is 0 Å². The van der Waals surface area contributed by atoms with Gasteiger partial charge in [-0.2, -0.15) is 0 Å². The second-order valence-corrected chi connectivity index (χ2v) is 8.42. The molecular formula is C26H21F2NO3. The lowest BCUT2D eigenvalue weighted by Crippen LogP contribution is -2.09. The Kier molecular flexibility index (Phi) is 4.81. The normalized spacial score (nSPS) is 13.6. The fourth-order valence-electron chi connectivity index (χ4n) is 4.40. The van der Waals surface area contributed by atoms with Gasteiger partial charge in [0.1, 0.15) is 11.6 Å². The summed E-state index contributed by atoms with van der Waals surface area (Å²) in [6.45, 7) is 1.94. The maximum atomic E-state index is 14.0. The van der Waals surface area contributed by atoms with Gasteiger partial charge in [0.15, 0.2) is 11.4 Å². The quantitative estimate of drug-likeness (QED) is 0.380. The molecule has 1 fully saturated rings. The third-order valence-corrected chi connectivity index (χ3v) is 6.17. The molecule has 0 unspecified atom stereocenters. The van der Waals surface area contributed by atoms with Crippen LogP contribution in [-0.2, 0) is 13.5 Å². The maximum absolute atomic E-state index is 14.0. The molecule has 0 N–H and O–H groups in total. The first-order valence-electron chi connectivity index (χ1n) is 10.5. The van der Waals surface area contributed by atoms with Crippen LogP contribution in [0.1, 0.15) is 45.8 Å². The summed E-state index contributed by atoms with van der Waals surface area (Å²) in [5.41, 5.74) is 5.54. The van der Waals surface area contributed by atoms with E-state index in [2.05, 4.69) is 0 Å². The van der Waals surface area contributed by atoms with Crippen molar-refractivity contribution in [1.82, 2.24) is 4.57 Å². The van der Waals surface area contributed by atoms with Crippen molar-refractivity contribution >= 4 is 16.9 Å². The lowest BCUT2D eigenvalue weighted by Gasteiger charge is -2.14. The molecule has 1 aliphatic rings. The third-order valence-electron chi connectivity index (χ3n) is 6.17. The Morgan fingerprint density at radius 2 is 1.75 bits per heavy atom. The van der Waals surface area contributed by atoms with Crippen LogP contribution in [0.4, 0.5) is 8.78 Å². The van der Waals surface area contributed by atoms with Crippen LogP contribution in [0.15, 0.2) is 57.7 Å². The summed E-state index contributed by atoms with van der Waals surface area (Å²) in [6.07, 6.45) is 2.00. The van der Waals surface area contributed by atoms with Crippen LogP contribution < -0.4 is 5.76 Å². The maximum Gasteiger partial charge on any atom is 0.419 e. The molecule has 0 aliphatic heterocycles. The zero-order valence-electron chi connectivity index (χ0n) is 17.7. The van der Waals surface area contributed by atoms with Crippen LogP contribution in [0.3, 0.4) is 0 Å². The predicted molar refractivity (Wildman–Crippen MR) is 118 cm³/mol. The molecule has 0 atom stereocenters. The minimum atomic E-state index is -0.852. The largest absolute Gasteiger partial charge is 0.419 e. The third kappa shape index (κ3) is 3.36. The van der Waals surface area contributed by atoms with E-state index < -0.39 is 23.0 Å². The van der Waals surface area contributed by atoms with E-state index in [0.717, 1.165) is 52.7 Å². The van der Waals surface area contributed by atoms with Crippen LogP contribution in [0, 0.1) is 18.6 Å². The van der Waals surface area contributed by atoms with E-state index >= 15 is 0 Å². The fraction of sp³-hybridized carbons (Fsp3) is 0.231. The van der Waals surface area contributed by atoms with Crippen LogP contribution in [0.25, 0.3) is 22.2 Å². The highest BCUT2D eigenvalue weighted by Crippen LogP contribution is 2.48. The zero-order valence-corrected chi connectivity index (χ0v) is 17.7. The number of benzene rings is 3. The molecule has 1 saturated carbocycles. The number of carbonyl (C=O) groups excluding carboxylic acids is 1. The van der Waals surface area contributed by atoms with E-state index in [1.54, 1.807) is 13.1 Å². The van der Waals surface area contributed by atoms with E-state index in [4.69, 9.17) is 4.42 Å². The molecule has 32 heavy (non-hydrogen) atoms. The first-order valence-corrected chi connectivity index (χ1v) is 10.5. The standard InChI is InChI=1S/C26H21F2NO3/c1-14-12-15(13-22(30)24-19(27)4-3-5-20(24)28)6-9-17(14)18-10-11-21-25(23(18)16-7-8-16)32-26(31)29(21)2/h3-6,9-12,16H,7-8,13H2,1-2H3. The van der Waals surface area contributed by atoms with Gasteiger partial charge in [0.2, 0.25) is 0 Å². The Bertz CT molecular complexity index is 1420. The number of carbonyl (C=O) groups is 1. The number of halogens is 2. The first-order chi connectivity index (χ1) is 15.3. The van der Waals surface area contributed by atoms with Gasteiger partial charge in [-0.1, -0.05) is 30.3 Å². The summed E-state index contributed by atoms with van der Waals surface area (Å²) in [6, 6.07) is 12.9. The average molecular weight is 433 g/mol. The van der Waals surface area contributed by atoms with E-state index in [1.807, 2.05) is 31.2 Å². The number of aromatic nitrogens is 1. The molecule has 1 aliphatic carbocycles. The van der Waals surface area contributed by atoms with E-state index in [1.165, 1.54) is 10.6 Å². The smallest absolute Gasteiger partial charge is 0.407 e. The van der Waals surface area contributed by atoms with Crippen LogP contribution in [-0.4, -0.2) is 10.4 Å². The number of hydrogen-bond acceptors (Lipinski definition) is 3. The Hall–Kier alpha value is -3.54. The highest BCUT2D eigenvalue weighted by molar-refractivity contribution is 5.98. The second-order valence-electron chi connectivity index (χ2n) is 8.42. The summed E-state index contributed by atoms with van der Waals surface area (Å²) in [5, 5.41) is 0. The summed E-state index contributed by atoms with van der Waals surface area (Å²) >= 11 is 0. The van der Waals surface area contributed by atoms with Gasteiger partial charge in [-0.25, -0.2) is 13.6 Å². The molecule has 0 radical (unpaired) electrons. The average Bonchev–Trinajstić information content (AvgIpc) is 3.53. The van der Waals surface area contributed by atoms with Gasteiger partial charge < -0.3 is 4.42 Å². The van der Waals surface area contributed by atoms with E-state index in [9.17, 15) is 18.4 Å². The van der Waals surface area contributed by atoms with E-state index in [0.29, 0.717) is 17.1 Å². The van der Waals surface area contributed by atoms with Gasteiger partial charge >= 0.3 is 5.76 Å². The van der Waals surface area contributed by atoms with Crippen molar-refractivity contribution in [2.24, 2.45) is 7.05 Å². The van der Waals surface area contributed by atoms with Gasteiger partial charge in [0.05, 0.1) is 11.1 Å². The number of nitrogens with zero attached hydrogens (tertiary/aromatic N) is 1. The minimum Gasteiger partial charge on any atom is -0.407 e. The molecule has 1 aromatic heterocycles. The number of Topliss-reactive ketones (excluding diaryl/α,β-unsaturated/α-hetero) is 1. The van der Waals surface area contributed by atoms with Crippen molar-refractivity contribution in [3.05, 3.63) is 93.0 Å². The summed E-state index contributed by atoms with van der Waals surface area (Å²) in [4.78, 5) is 24.6. The van der Waals surface area contributed by atoms with Crippen molar-refractivity contribution < 1.29 is 18.0 Å². The SMILES string of the molecule is Cc1cc(CC(=O)c2c(F)cccc2F)ccc1-c1ccc2c(oc(=O)n2C)c1C1CC1. The van der Waals surface area contributed by atoms with Crippen molar-refractivity contribution in [3.8, 4) is 11.1 Å². The number of hydrogen-bond donors (Lipinski definition) is 0. The number of oxazole rings is 1. The van der Waals surface area contributed by atoms with Crippen LogP contribution in [0.2, 0.25) is 0 Å². The van der Waals surface area contributed by atoms with Crippen LogP contribution >= 0.6 is 0 Å². The van der Waals surface area contributed by atoms with Crippen molar-refractivity contribution in [2.75, 3.05) is 0 Å². The minimum absolute atomic E-state index is 0.0962. The monoisotopic (exact) mass is 433 g/mol. The molecule has 6 heteroatoms. The first kappa shape index (κ1) is 20.4. The molecule has 0 saturated heterocycles. The highest BCUT2D eigenvalue weighted by atomic mass is 19.1. The molecule has 1 heterocycles. The highest BCUT2D eigenvalue weighted by Gasteiger charge is 2.31. The number of ketones is 1. The number of aryl methyl sites for hydroxylation is 2. The molecular weight excluding hydrogens is 412 g/mol. The molecule has 4 nitrogen and oxygen atoms in total. The molecule has 3 aromatic carbocycles. The molecule has 5 rings (SSSR count). The summed E-state index contributed by atoms with van der Waals surface area (Å²) in [7, 11) is 1.69. The van der Waals surface area contributed by atoms with Crippen LogP contribution in [0.5, 0.6) is 0 Å². The second kappa shape index (κ2) is 7.55. The number of fused-ring (bicyclic) bond motifs is 1. The number of rotatable bonds is 5. The lowest BCUT2D eigenvalue weighted by molar-refractivity contribution is 0.0985. The molecule has 0 amide bonds. The Morgan fingerprint density at radius 3 is 2.41 bits per heavy atom.